The average molecular weight is 401 g/mol. The van der Waals surface area contributed by atoms with Crippen LogP contribution in [0.2, 0.25) is 0 Å². The van der Waals surface area contributed by atoms with Crippen molar-refractivity contribution in [1.82, 2.24) is 10.2 Å². The molecular weight excluding hydrogens is 376 g/mol. The molecule has 1 saturated heterocycles. The van der Waals surface area contributed by atoms with E-state index in [0.29, 0.717) is 25.6 Å². The van der Waals surface area contributed by atoms with Gasteiger partial charge >= 0.3 is 6.03 Å². The van der Waals surface area contributed by atoms with Gasteiger partial charge in [-0.15, -0.1) is 0 Å². The van der Waals surface area contributed by atoms with Crippen molar-refractivity contribution >= 4 is 17.6 Å². The normalized spacial score (nSPS) is 14.5. The van der Waals surface area contributed by atoms with Crippen LogP contribution >= 0.6 is 0 Å². The Hall–Kier alpha value is -2.96. The molecule has 2 aromatic carbocycles. The van der Waals surface area contributed by atoms with E-state index in [1.807, 2.05) is 31.2 Å². The smallest absolute Gasteiger partial charge is 0.321 e. The molecule has 1 fully saturated rings. The van der Waals surface area contributed by atoms with Crippen molar-refractivity contribution in [1.29, 1.82) is 0 Å². The molecule has 0 saturated carbocycles. The molecule has 2 N–H and O–H groups in total. The van der Waals surface area contributed by atoms with Crippen molar-refractivity contribution in [3.63, 3.8) is 0 Å². The number of likely N-dealkylation sites (tertiary alicyclic amines) is 1. The molecule has 0 spiro atoms. The number of amides is 3. The minimum absolute atomic E-state index is 0.104. The number of hydrogen-bond acceptors (Lipinski definition) is 2. The zero-order valence-corrected chi connectivity index (χ0v) is 16.4. The highest BCUT2D eigenvalue weighted by atomic mass is 19.1. The Labute approximate surface area is 169 Å². The van der Waals surface area contributed by atoms with Crippen LogP contribution in [-0.4, -0.2) is 36.5 Å². The second kappa shape index (κ2) is 9.49. The number of nitrogens with one attached hydrogen (secondary N) is 2. The van der Waals surface area contributed by atoms with Gasteiger partial charge in [-0.25, -0.2) is 13.6 Å². The molecule has 3 amide bonds. The van der Waals surface area contributed by atoms with Crippen LogP contribution in [0.3, 0.4) is 0 Å². The summed E-state index contributed by atoms with van der Waals surface area (Å²) < 4.78 is 26.8. The lowest BCUT2D eigenvalue weighted by Crippen LogP contribution is -2.41. The van der Waals surface area contributed by atoms with Gasteiger partial charge in [-0.3, -0.25) is 4.79 Å². The summed E-state index contributed by atoms with van der Waals surface area (Å²) in [5.41, 5.74) is 1.54. The zero-order valence-electron chi connectivity index (χ0n) is 16.4. The maximum Gasteiger partial charge on any atom is 0.321 e. The summed E-state index contributed by atoms with van der Waals surface area (Å²) in [6, 6.07) is 10.4. The molecule has 1 heterocycles. The Kier molecular flexibility index (Phi) is 6.80. The number of piperidine rings is 1. The molecule has 1 aliphatic rings. The van der Waals surface area contributed by atoms with E-state index in [1.165, 1.54) is 0 Å². The van der Waals surface area contributed by atoms with Gasteiger partial charge in [0.05, 0.1) is 5.56 Å². The maximum absolute atomic E-state index is 13.6. The molecule has 3 rings (SSSR count). The van der Waals surface area contributed by atoms with Gasteiger partial charge in [0.2, 0.25) is 0 Å². The van der Waals surface area contributed by atoms with Crippen molar-refractivity contribution < 1.29 is 18.4 Å². The van der Waals surface area contributed by atoms with Crippen LogP contribution in [0.5, 0.6) is 0 Å². The number of carbonyl (C=O) groups excluding carboxylic acids is 2. The quantitative estimate of drug-likeness (QED) is 0.783. The third-order valence-corrected chi connectivity index (χ3v) is 5.30. The second-order valence-corrected chi connectivity index (χ2v) is 7.34. The van der Waals surface area contributed by atoms with Crippen LogP contribution in [0.1, 0.15) is 35.2 Å². The summed E-state index contributed by atoms with van der Waals surface area (Å²) in [6.45, 7) is 3.63. The highest BCUT2D eigenvalue weighted by molar-refractivity contribution is 5.94. The van der Waals surface area contributed by atoms with E-state index < -0.39 is 17.5 Å². The summed E-state index contributed by atoms with van der Waals surface area (Å²) in [6.07, 6.45) is 2.41. The van der Waals surface area contributed by atoms with Gasteiger partial charge in [0, 0.05) is 25.3 Å². The second-order valence-electron chi connectivity index (χ2n) is 7.34. The Balaban J connectivity index is 1.41. The Morgan fingerprint density at radius 2 is 1.83 bits per heavy atom. The van der Waals surface area contributed by atoms with Crippen molar-refractivity contribution in [3.8, 4) is 0 Å². The summed E-state index contributed by atoms with van der Waals surface area (Å²) >= 11 is 0. The van der Waals surface area contributed by atoms with E-state index in [4.69, 9.17) is 0 Å². The molecule has 29 heavy (non-hydrogen) atoms. The first kappa shape index (κ1) is 20.8. The number of rotatable bonds is 5. The zero-order chi connectivity index (χ0) is 20.8. The minimum atomic E-state index is -0.739. The predicted molar refractivity (Wildman–Crippen MR) is 108 cm³/mol. The molecular formula is C22H25F2N3O2. The number of benzene rings is 2. The number of anilines is 1. The fraction of sp³-hybridized carbons (Fsp3) is 0.364. The highest BCUT2D eigenvalue weighted by Crippen LogP contribution is 2.22. The first-order valence-electron chi connectivity index (χ1n) is 9.79. The van der Waals surface area contributed by atoms with E-state index in [-0.39, 0.29) is 11.6 Å². The monoisotopic (exact) mass is 401 g/mol. The summed E-state index contributed by atoms with van der Waals surface area (Å²) in [5.74, 6) is -1.63. The lowest BCUT2D eigenvalue weighted by Gasteiger charge is -2.32. The van der Waals surface area contributed by atoms with Crippen molar-refractivity contribution in [2.45, 2.75) is 26.2 Å². The molecule has 0 bridgehead atoms. The number of carbonyl (C=O) groups is 2. The Morgan fingerprint density at radius 3 is 2.55 bits per heavy atom. The lowest BCUT2D eigenvalue weighted by molar-refractivity contribution is 0.0945. The fourth-order valence-corrected chi connectivity index (χ4v) is 3.49. The van der Waals surface area contributed by atoms with Gasteiger partial charge in [-0.05, 0) is 61.9 Å². The van der Waals surface area contributed by atoms with Crippen molar-refractivity contribution in [2.24, 2.45) is 5.92 Å². The number of halogens is 2. The molecule has 1 aliphatic heterocycles. The van der Waals surface area contributed by atoms with Crippen LogP contribution in [-0.2, 0) is 0 Å². The van der Waals surface area contributed by atoms with Gasteiger partial charge in [0.15, 0.2) is 0 Å². The summed E-state index contributed by atoms with van der Waals surface area (Å²) in [5, 5.41) is 5.59. The van der Waals surface area contributed by atoms with Gasteiger partial charge in [0.25, 0.3) is 5.91 Å². The van der Waals surface area contributed by atoms with Crippen LogP contribution in [0, 0.1) is 24.5 Å². The van der Waals surface area contributed by atoms with E-state index in [1.54, 1.807) is 4.90 Å². The first-order valence-corrected chi connectivity index (χ1v) is 9.79. The molecule has 154 valence electrons. The SMILES string of the molecule is Cc1ccccc1NC(=O)N1CCC(CCNC(=O)c2cc(F)ccc2F)CC1. The standard InChI is InChI=1S/C22H25F2N3O2/c1-15-4-2-3-5-20(15)26-22(29)27-12-9-16(10-13-27)8-11-25-21(28)18-14-17(23)6-7-19(18)24/h2-7,14,16H,8-13H2,1H3,(H,25,28)(H,26,29). The molecule has 2 aromatic rings. The predicted octanol–water partition coefficient (Wildman–Crippen LogP) is 4.34. The van der Waals surface area contributed by atoms with Crippen LogP contribution in [0.15, 0.2) is 42.5 Å². The molecule has 7 heteroatoms. The first-order chi connectivity index (χ1) is 13.9. The van der Waals surface area contributed by atoms with E-state index in [2.05, 4.69) is 10.6 Å². The van der Waals surface area contributed by atoms with Gasteiger partial charge < -0.3 is 15.5 Å². The molecule has 0 atom stereocenters. The molecule has 0 radical (unpaired) electrons. The molecule has 0 unspecified atom stereocenters. The Bertz CT molecular complexity index is 880. The number of nitrogens with zero attached hydrogens (tertiary/aromatic N) is 1. The summed E-state index contributed by atoms with van der Waals surface area (Å²) in [4.78, 5) is 26.3. The highest BCUT2D eigenvalue weighted by Gasteiger charge is 2.23. The number of para-hydroxylation sites is 1. The van der Waals surface area contributed by atoms with Crippen LogP contribution in [0.4, 0.5) is 19.3 Å². The number of aryl methyl sites for hydroxylation is 1. The molecule has 0 aliphatic carbocycles. The Morgan fingerprint density at radius 1 is 1.10 bits per heavy atom. The minimum Gasteiger partial charge on any atom is -0.352 e. The van der Waals surface area contributed by atoms with Crippen LogP contribution < -0.4 is 10.6 Å². The van der Waals surface area contributed by atoms with E-state index >= 15 is 0 Å². The number of urea groups is 1. The third kappa shape index (κ3) is 5.53. The van der Waals surface area contributed by atoms with Gasteiger partial charge in [-0.2, -0.15) is 0 Å². The van der Waals surface area contributed by atoms with E-state index in [0.717, 1.165) is 48.7 Å². The van der Waals surface area contributed by atoms with Gasteiger partial charge in [-0.1, -0.05) is 18.2 Å². The lowest BCUT2D eigenvalue weighted by atomic mass is 9.93. The third-order valence-electron chi connectivity index (χ3n) is 5.30. The number of hydrogen-bond donors (Lipinski definition) is 2. The molecule has 0 aromatic heterocycles. The molecule has 5 nitrogen and oxygen atoms in total. The van der Waals surface area contributed by atoms with Gasteiger partial charge in [0.1, 0.15) is 11.6 Å². The van der Waals surface area contributed by atoms with Crippen molar-refractivity contribution in [2.75, 3.05) is 25.0 Å². The average Bonchev–Trinajstić information content (AvgIpc) is 2.72. The topological polar surface area (TPSA) is 61.4 Å². The van der Waals surface area contributed by atoms with Crippen molar-refractivity contribution in [3.05, 3.63) is 65.2 Å². The summed E-state index contributed by atoms with van der Waals surface area (Å²) in [7, 11) is 0. The fourth-order valence-electron chi connectivity index (χ4n) is 3.49. The van der Waals surface area contributed by atoms with Crippen LogP contribution in [0.25, 0.3) is 0 Å². The largest absolute Gasteiger partial charge is 0.352 e. The van der Waals surface area contributed by atoms with E-state index in [9.17, 15) is 18.4 Å². The maximum atomic E-state index is 13.6.